The van der Waals surface area contributed by atoms with Crippen molar-refractivity contribution in [3.05, 3.63) is 29.3 Å². The SMILES string of the molecule is Cc1cc(C(N)=S)ccc1S(=O)(=O)NC1CCCSC1. The Morgan fingerprint density at radius 1 is 1.50 bits per heavy atom. The molecule has 2 rings (SSSR count). The first kappa shape index (κ1) is 15.8. The van der Waals surface area contributed by atoms with Gasteiger partial charge in [0.15, 0.2) is 0 Å². The topological polar surface area (TPSA) is 72.2 Å². The van der Waals surface area contributed by atoms with E-state index in [1.807, 2.05) is 0 Å². The average molecular weight is 331 g/mol. The average Bonchev–Trinajstić information content (AvgIpc) is 2.38. The van der Waals surface area contributed by atoms with E-state index in [1.54, 1.807) is 36.9 Å². The Bertz CT molecular complexity index is 608. The van der Waals surface area contributed by atoms with Crippen LogP contribution in [0.2, 0.25) is 0 Å². The maximum absolute atomic E-state index is 12.4. The molecule has 1 unspecified atom stereocenters. The third-order valence-electron chi connectivity index (χ3n) is 3.23. The number of aryl methyl sites for hydroxylation is 1. The van der Waals surface area contributed by atoms with Crippen molar-refractivity contribution < 1.29 is 8.42 Å². The Labute approximate surface area is 129 Å². The van der Waals surface area contributed by atoms with E-state index in [0.29, 0.717) is 16.0 Å². The largest absolute Gasteiger partial charge is 0.389 e. The van der Waals surface area contributed by atoms with Gasteiger partial charge in [0.25, 0.3) is 0 Å². The Hall–Kier alpha value is -0.630. The normalized spacial score (nSPS) is 19.8. The molecule has 0 saturated carbocycles. The lowest BCUT2D eigenvalue weighted by molar-refractivity contribution is 0.542. The minimum absolute atomic E-state index is 0.0217. The summed E-state index contributed by atoms with van der Waals surface area (Å²) in [6.07, 6.45) is 1.95. The molecule has 1 aliphatic rings. The molecule has 0 spiro atoms. The number of hydrogen-bond donors (Lipinski definition) is 2. The predicted octanol–water partition coefficient (Wildman–Crippen LogP) is 1.80. The summed E-state index contributed by atoms with van der Waals surface area (Å²) in [5.74, 6) is 1.95. The molecular formula is C13H18N2O2S3. The quantitative estimate of drug-likeness (QED) is 0.824. The monoisotopic (exact) mass is 330 g/mol. The number of benzene rings is 1. The molecular weight excluding hydrogens is 312 g/mol. The van der Waals surface area contributed by atoms with Gasteiger partial charge < -0.3 is 5.73 Å². The zero-order valence-corrected chi connectivity index (χ0v) is 13.7. The molecule has 3 N–H and O–H groups in total. The highest BCUT2D eigenvalue weighted by atomic mass is 32.2. The first-order valence-electron chi connectivity index (χ1n) is 6.40. The van der Waals surface area contributed by atoms with Gasteiger partial charge in [0.1, 0.15) is 4.99 Å². The fourth-order valence-electron chi connectivity index (χ4n) is 2.22. The maximum atomic E-state index is 12.4. The van der Waals surface area contributed by atoms with E-state index < -0.39 is 10.0 Å². The van der Waals surface area contributed by atoms with E-state index in [-0.39, 0.29) is 11.0 Å². The van der Waals surface area contributed by atoms with Crippen molar-refractivity contribution in [1.82, 2.24) is 4.72 Å². The summed E-state index contributed by atoms with van der Waals surface area (Å²) in [5, 5.41) is 0. The minimum Gasteiger partial charge on any atom is -0.389 e. The lowest BCUT2D eigenvalue weighted by atomic mass is 10.1. The molecule has 1 aromatic carbocycles. The van der Waals surface area contributed by atoms with Crippen LogP contribution in [0, 0.1) is 6.92 Å². The van der Waals surface area contributed by atoms with Crippen molar-refractivity contribution in [3.63, 3.8) is 0 Å². The van der Waals surface area contributed by atoms with Gasteiger partial charge in [0, 0.05) is 17.4 Å². The smallest absolute Gasteiger partial charge is 0.241 e. The molecule has 1 atom stereocenters. The fourth-order valence-corrected chi connectivity index (χ4v) is 5.02. The van der Waals surface area contributed by atoms with E-state index in [1.165, 1.54) is 0 Å². The number of sulfonamides is 1. The molecule has 110 valence electrons. The van der Waals surface area contributed by atoms with Crippen molar-refractivity contribution in [2.24, 2.45) is 5.73 Å². The molecule has 0 amide bonds. The Kier molecular flexibility index (Phi) is 5.06. The van der Waals surface area contributed by atoms with Gasteiger partial charge in [-0.25, -0.2) is 13.1 Å². The Morgan fingerprint density at radius 3 is 2.80 bits per heavy atom. The molecule has 1 heterocycles. The second-order valence-corrected chi connectivity index (χ2v) is 8.15. The summed E-state index contributed by atoms with van der Waals surface area (Å²) in [6, 6.07) is 4.96. The minimum atomic E-state index is -3.48. The number of rotatable bonds is 4. The van der Waals surface area contributed by atoms with Crippen LogP contribution in [0.3, 0.4) is 0 Å². The van der Waals surface area contributed by atoms with Crippen molar-refractivity contribution in [3.8, 4) is 0 Å². The van der Waals surface area contributed by atoms with Crippen LogP contribution in [0.1, 0.15) is 24.0 Å². The van der Waals surface area contributed by atoms with E-state index in [9.17, 15) is 8.42 Å². The zero-order valence-electron chi connectivity index (χ0n) is 11.3. The maximum Gasteiger partial charge on any atom is 0.241 e. The standard InChI is InChI=1S/C13H18N2O2S3/c1-9-7-10(13(14)18)4-5-12(9)20(16,17)15-11-3-2-6-19-8-11/h4-5,7,11,15H,2-3,6,8H2,1H3,(H2,14,18). The van der Waals surface area contributed by atoms with Crippen LogP contribution in [0.5, 0.6) is 0 Å². The summed E-state index contributed by atoms with van der Waals surface area (Å²) in [5.41, 5.74) is 6.90. The first-order chi connectivity index (χ1) is 9.40. The highest BCUT2D eigenvalue weighted by Gasteiger charge is 2.23. The lowest BCUT2D eigenvalue weighted by Crippen LogP contribution is -2.38. The lowest BCUT2D eigenvalue weighted by Gasteiger charge is -2.22. The third-order valence-corrected chi connectivity index (χ3v) is 6.36. The van der Waals surface area contributed by atoms with Crippen LogP contribution < -0.4 is 10.5 Å². The summed E-state index contributed by atoms with van der Waals surface area (Å²) in [4.78, 5) is 0.571. The summed E-state index contributed by atoms with van der Waals surface area (Å²) in [6.45, 7) is 1.76. The van der Waals surface area contributed by atoms with Gasteiger partial charge >= 0.3 is 0 Å². The van der Waals surface area contributed by atoms with Crippen LogP contribution in [-0.2, 0) is 10.0 Å². The second kappa shape index (κ2) is 6.43. The highest BCUT2D eigenvalue weighted by molar-refractivity contribution is 7.99. The predicted molar refractivity (Wildman–Crippen MR) is 87.7 cm³/mol. The fraction of sp³-hybridized carbons (Fsp3) is 0.462. The molecule has 20 heavy (non-hydrogen) atoms. The van der Waals surface area contributed by atoms with Gasteiger partial charge in [-0.2, -0.15) is 11.8 Å². The van der Waals surface area contributed by atoms with Crippen LogP contribution in [0.25, 0.3) is 0 Å². The molecule has 1 aliphatic heterocycles. The van der Waals surface area contributed by atoms with Gasteiger partial charge in [-0.15, -0.1) is 0 Å². The molecule has 0 bridgehead atoms. The van der Waals surface area contributed by atoms with Crippen molar-refractivity contribution >= 4 is 39.0 Å². The van der Waals surface area contributed by atoms with Crippen molar-refractivity contribution in [2.45, 2.75) is 30.7 Å². The first-order valence-corrected chi connectivity index (χ1v) is 9.45. The van der Waals surface area contributed by atoms with E-state index in [0.717, 1.165) is 24.3 Å². The van der Waals surface area contributed by atoms with Gasteiger partial charge in [-0.3, -0.25) is 0 Å². The van der Waals surface area contributed by atoms with Crippen molar-refractivity contribution in [2.75, 3.05) is 11.5 Å². The molecule has 1 saturated heterocycles. The number of thioether (sulfide) groups is 1. The molecule has 0 radical (unpaired) electrons. The number of nitrogens with two attached hydrogens (primary N) is 1. The third kappa shape index (κ3) is 3.72. The van der Waals surface area contributed by atoms with E-state index in [4.69, 9.17) is 18.0 Å². The zero-order chi connectivity index (χ0) is 14.8. The molecule has 0 aromatic heterocycles. The van der Waals surface area contributed by atoms with Gasteiger partial charge in [0.2, 0.25) is 10.0 Å². The van der Waals surface area contributed by atoms with Crippen LogP contribution >= 0.6 is 24.0 Å². The summed E-state index contributed by atoms with van der Waals surface area (Å²) >= 11 is 6.69. The Balaban J connectivity index is 2.22. The van der Waals surface area contributed by atoms with Gasteiger partial charge in [-0.1, -0.05) is 18.3 Å². The van der Waals surface area contributed by atoms with Gasteiger partial charge in [0.05, 0.1) is 4.90 Å². The summed E-state index contributed by atoms with van der Waals surface area (Å²) in [7, 11) is -3.48. The number of nitrogens with one attached hydrogen (secondary N) is 1. The molecule has 4 nitrogen and oxygen atoms in total. The number of hydrogen-bond acceptors (Lipinski definition) is 4. The van der Waals surface area contributed by atoms with E-state index in [2.05, 4.69) is 4.72 Å². The van der Waals surface area contributed by atoms with Crippen LogP contribution in [0.15, 0.2) is 23.1 Å². The molecule has 0 aliphatic carbocycles. The number of thiocarbonyl (C=S) groups is 1. The van der Waals surface area contributed by atoms with E-state index >= 15 is 0 Å². The second-order valence-electron chi connectivity index (χ2n) is 4.88. The van der Waals surface area contributed by atoms with Crippen molar-refractivity contribution in [1.29, 1.82) is 0 Å². The van der Waals surface area contributed by atoms with Crippen LogP contribution in [-0.4, -0.2) is 31.0 Å². The molecule has 1 fully saturated rings. The van der Waals surface area contributed by atoms with Crippen LogP contribution in [0.4, 0.5) is 0 Å². The Morgan fingerprint density at radius 2 is 2.25 bits per heavy atom. The molecule has 1 aromatic rings. The summed E-state index contributed by atoms with van der Waals surface area (Å²) < 4.78 is 27.6. The van der Waals surface area contributed by atoms with Gasteiger partial charge in [-0.05, 0) is 43.2 Å². The highest BCUT2D eigenvalue weighted by Crippen LogP contribution is 2.21. The molecule has 7 heteroatoms.